The van der Waals surface area contributed by atoms with Crippen molar-refractivity contribution in [1.82, 2.24) is 5.32 Å². The van der Waals surface area contributed by atoms with Gasteiger partial charge in [0.05, 0.1) is 17.1 Å². The SMILES string of the molecule is CCN(CC)c1ccc(NC(=O)CNC(=O)c2ccccc2Cl)c(C)c1. The summed E-state index contributed by atoms with van der Waals surface area (Å²) in [6, 6.07) is 12.6. The fourth-order valence-electron chi connectivity index (χ4n) is 2.67. The van der Waals surface area contributed by atoms with Gasteiger partial charge in [-0.1, -0.05) is 23.7 Å². The highest BCUT2D eigenvalue weighted by atomic mass is 35.5. The molecular weight excluding hydrogens is 350 g/mol. The van der Waals surface area contributed by atoms with Crippen LogP contribution in [0.1, 0.15) is 29.8 Å². The number of amides is 2. The maximum Gasteiger partial charge on any atom is 0.253 e. The van der Waals surface area contributed by atoms with Gasteiger partial charge in [0.2, 0.25) is 5.91 Å². The number of rotatable bonds is 7. The molecule has 0 aliphatic rings. The first-order valence-electron chi connectivity index (χ1n) is 8.64. The number of hydrogen-bond donors (Lipinski definition) is 2. The Kier molecular flexibility index (Phi) is 7.04. The van der Waals surface area contributed by atoms with Crippen LogP contribution >= 0.6 is 11.6 Å². The van der Waals surface area contributed by atoms with E-state index in [-0.39, 0.29) is 18.4 Å². The van der Waals surface area contributed by atoms with Crippen LogP contribution in [0.4, 0.5) is 11.4 Å². The number of nitrogens with zero attached hydrogens (tertiary/aromatic N) is 1. The number of aryl methyl sites for hydroxylation is 1. The van der Waals surface area contributed by atoms with E-state index in [2.05, 4.69) is 29.4 Å². The molecule has 0 aromatic heterocycles. The van der Waals surface area contributed by atoms with Gasteiger partial charge < -0.3 is 15.5 Å². The van der Waals surface area contributed by atoms with Crippen molar-refractivity contribution in [2.75, 3.05) is 29.9 Å². The van der Waals surface area contributed by atoms with Crippen molar-refractivity contribution in [2.24, 2.45) is 0 Å². The number of hydrogen-bond acceptors (Lipinski definition) is 3. The fraction of sp³-hybridized carbons (Fsp3) is 0.300. The molecule has 0 aliphatic carbocycles. The van der Waals surface area contributed by atoms with E-state index in [0.29, 0.717) is 10.6 Å². The first-order valence-corrected chi connectivity index (χ1v) is 9.02. The smallest absolute Gasteiger partial charge is 0.253 e. The lowest BCUT2D eigenvalue weighted by atomic mass is 10.1. The van der Waals surface area contributed by atoms with E-state index >= 15 is 0 Å². The average Bonchev–Trinajstić information content (AvgIpc) is 2.63. The summed E-state index contributed by atoms with van der Waals surface area (Å²) in [5, 5.41) is 5.77. The van der Waals surface area contributed by atoms with E-state index in [1.165, 1.54) is 0 Å². The van der Waals surface area contributed by atoms with Crippen molar-refractivity contribution in [1.29, 1.82) is 0 Å². The monoisotopic (exact) mass is 373 g/mol. The highest BCUT2D eigenvalue weighted by Gasteiger charge is 2.12. The molecule has 0 atom stereocenters. The third-order valence-electron chi connectivity index (χ3n) is 4.14. The van der Waals surface area contributed by atoms with Crippen LogP contribution in [0.15, 0.2) is 42.5 Å². The highest BCUT2D eigenvalue weighted by Crippen LogP contribution is 2.22. The Balaban J connectivity index is 1.95. The molecule has 0 fully saturated rings. The summed E-state index contributed by atoms with van der Waals surface area (Å²) < 4.78 is 0. The fourth-order valence-corrected chi connectivity index (χ4v) is 2.89. The van der Waals surface area contributed by atoms with E-state index in [0.717, 1.165) is 30.0 Å². The molecule has 0 unspecified atom stereocenters. The Labute approximate surface area is 159 Å². The number of anilines is 2. The summed E-state index contributed by atoms with van der Waals surface area (Å²) in [6.45, 7) is 7.89. The summed E-state index contributed by atoms with van der Waals surface area (Å²) in [5.74, 6) is -0.663. The summed E-state index contributed by atoms with van der Waals surface area (Å²) in [5.41, 5.74) is 3.18. The predicted molar refractivity (Wildman–Crippen MR) is 107 cm³/mol. The van der Waals surface area contributed by atoms with Crippen LogP contribution in [0, 0.1) is 6.92 Å². The summed E-state index contributed by atoms with van der Waals surface area (Å²) in [4.78, 5) is 26.5. The molecule has 26 heavy (non-hydrogen) atoms. The largest absolute Gasteiger partial charge is 0.372 e. The van der Waals surface area contributed by atoms with Crippen LogP contribution < -0.4 is 15.5 Å². The van der Waals surface area contributed by atoms with Crippen molar-refractivity contribution in [3.63, 3.8) is 0 Å². The second kappa shape index (κ2) is 9.25. The molecule has 5 nitrogen and oxygen atoms in total. The normalized spacial score (nSPS) is 10.3. The van der Waals surface area contributed by atoms with E-state index in [9.17, 15) is 9.59 Å². The zero-order valence-corrected chi connectivity index (χ0v) is 16.1. The Morgan fingerprint density at radius 1 is 1.08 bits per heavy atom. The first kappa shape index (κ1) is 19.8. The van der Waals surface area contributed by atoms with Gasteiger partial charge in [0.1, 0.15) is 0 Å². The van der Waals surface area contributed by atoms with Crippen molar-refractivity contribution in [2.45, 2.75) is 20.8 Å². The molecule has 0 saturated carbocycles. The first-order chi connectivity index (χ1) is 12.5. The molecule has 138 valence electrons. The molecule has 0 radical (unpaired) electrons. The lowest BCUT2D eigenvalue weighted by molar-refractivity contribution is -0.115. The van der Waals surface area contributed by atoms with E-state index < -0.39 is 0 Å². The number of nitrogens with one attached hydrogen (secondary N) is 2. The van der Waals surface area contributed by atoms with Crippen LogP contribution in [0.3, 0.4) is 0 Å². The Bertz CT molecular complexity index is 788. The van der Waals surface area contributed by atoms with Gasteiger partial charge >= 0.3 is 0 Å². The molecular formula is C20H24ClN3O2. The number of carbonyl (C=O) groups is 2. The quantitative estimate of drug-likeness (QED) is 0.774. The highest BCUT2D eigenvalue weighted by molar-refractivity contribution is 6.33. The van der Waals surface area contributed by atoms with E-state index in [1.54, 1.807) is 24.3 Å². The summed E-state index contributed by atoms with van der Waals surface area (Å²) >= 11 is 5.98. The Hall–Kier alpha value is -2.53. The number of benzene rings is 2. The zero-order valence-electron chi connectivity index (χ0n) is 15.3. The van der Waals surface area contributed by atoms with Gasteiger partial charge in [-0.05, 0) is 56.7 Å². The molecule has 0 aliphatic heterocycles. The van der Waals surface area contributed by atoms with Crippen molar-refractivity contribution < 1.29 is 9.59 Å². The maximum atomic E-state index is 12.1. The molecule has 2 aromatic rings. The second-order valence-corrected chi connectivity index (χ2v) is 6.29. The van der Waals surface area contributed by atoms with Gasteiger partial charge in [-0.15, -0.1) is 0 Å². The van der Waals surface area contributed by atoms with Crippen LogP contribution in [-0.2, 0) is 4.79 Å². The Morgan fingerprint density at radius 3 is 2.38 bits per heavy atom. The third-order valence-corrected chi connectivity index (χ3v) is 4.47. The molecule has 2 rings (SSSR count). The second-order valence-electron chi connectivity index (χ2n) is 5.88. The molecule has 0 spiro atoms. The minimum Gasteiger partial charge on any atom is -0.372 e. The molecule has 2 aromatic carbocycles. The van der Waals surface area contributed by atoms with Gasteiger partial charge in [0, 0.05) is 24.5 Å². The minimum absolute atomic E-state index is 0.124. The molecule has 2 N–H and O–H groups in total. The summed E-state index contributed by atoms with van der Waals surface area (Å²) in [7, 11) is 0. The van der Waals surface area contributed by atoms with Crippen LogP contribution in [0.2, 0.25) is 5.02 Å². The van der Waals surface area contributed by atoms with Gasteiger partial charge in [0.25, 0.3) is 5.91 Å². The average molecular weight is 374 g/mol. The van der Waals surface area contributed by atoms with Crippen LogP contribution in [0.5, 0.6) is 0 Å². The lowest BCUT2D eigenvalue weighted by Gasteiger charge is -2.22. The zero-order chi connectivity index (χ0) is 19.1. The van der Waals surface area contributed by atoms with Crippen molar-refractivity contribution in [3.05, 3.63) is 58.6 Å². The molecule has 0 saturated heterocycles. The van der Waals surface area contributed by atoms with Gasteiger partial charge in [-0.3, -0.25) is 9.59 Å². The third kappa shape index (κ3) is 4.99. The van der Waals surface area contributed by atoms with Crippen molar-refractivity contribution in [3.8, 4) is 0 Å². The van der Waals surface area contributed by atoms with Crippen LogP contribution in [0.25, 0.3) is 0 Å². The predicted octanol–water partition coefficient (Wildman–Crippen LogP) is 3.86. The van der Waals surface area contributed by atoms with Crippen molar-refractivity contribution >= 4 is 34.8 Å². The number of carbonyl (C=O) groups excluding carboxylic acids is 2. The molecule has 6 heteroatoms. The topological polar surface area (TPSA) is 61.4 Å². The summed E-state index contributed by atoms with van der Waals surface area (Å²) in [6.07, 6.45) is 0. The van der Waals surface area contributed by atoms with E-state index in [1.807, 2.05) is 25.1 Å². The Morgan fingerprint density at radius 2 is 1.77 bits per heavy atom. The van der Waals surface area contributed by atoms with Crippen LogP contribution in [-0.4, -0.2) is 31.4 Å². The maximum absolute atomic E-state index is 12.1. The lowest BCUT2D eigenvalue weighted by Crippen LogP contribution is -2.33. The standard InChI is InChI=1S/C20H24ClN3O2/c1-4-24(5-2)15-10-11-18(14(3)12-15)23-19(25)13-22-20(26)16-8-6-7-9-17(16)21/h6-12H,4-5,13H2,1-3H3,(H,22,26)(H,23,25). The van der Waals surface area contributed by atoms with Gasteiger partial charge in [-0.2, -0.15) is 0 Å². The molecule has 2 amide bonds. The molecule has 0 heterocycles. The number of halogens is 1. The molecule has 0 bridgehead atoms. The van der Waals surface area contributed by atoms with Gasteiger partial charge in [0.15, 0.2) is 0 Å². The van der Waals surface area contributed by atoms with Gasteiger partial charge in [-0.25, -0.2) is 0 Å². The minimum atomic E-state index is -0.376. The van der Waals surface area contributed by atoms with E-state index in [4.69, 9.17) is 11.6 Å².